The fourth-order valence-electron chi connectivity index (χ4n) is 2.46. The highest BCUT2D eigenvalue weighted by Crippen LogP contribution is 2.32. The van der Waals surface area contributed by atoms with Gasteiger partial charge in [0.2, 0.25) is 0 Å². The van der Waals surface area contributed by atoms with Crippen molar-refractivity contribution in [3.63, 3.8) is 0 Å². The highest BCUT2D eigenvalue weighted by molar-refractivity contribution is 6.06. The number of hydrogen-bond donors (Lipinski definition) is 1. The van der Waals surface area contributed by atoms with Gasteiger partial charge in [0.25, 0.3) is 5.91 Å². The molecule has 0 spiro atoms. The number of aryl methyl sites for hydroxylation is 2. The summed E-state index contributed by atoms with van der Waals surface area (Å²) in [6, 6.07) is 5.69. The Kier molecular flexibility index (Phi) is 2.55. The second-order valence-electron chi connectivity index (χ2n) is 4.92. The number of amides is 1. The van der Waals surface area contributed by atoms with Crippen LogP contribution in [0, 0.1) is 6.92 Å². The summed E-state index contributed by atoms with van der Waals surface area (Å²) < 4.78 is 1.63. The van der Waals surface area contributed by atoms with Gasteiger partial charge in [-0.25, -0.2) is 0 Å². The Balaban J connectivity index is 1.98. The molecule has 2 N–H and O–H groups in total. The molecule has 5 heteroatoms. The SMILES string of the molecule is Cc1cc2c(cc1N)N(C(=O)c1ccn(C)n1)CC2. The van der Waals surface area contributed by atoms with E-state index in [1.807, 2.05) is 13.0 Å². The second kappa shape index (κ2) is 4.12. The van der Waals surface area contributed by atoms with E-state index in [4.69, 9.17) is 5.73 Å². The van der Waals surface area contributed by atoms with Gasteiger partial charge >= 0.3 is 0 Å². The van der Waals surface area contributed by atoms with Crippen LogP contribution in [0.25, 0.3) is 0 Å². The Hall–Kier alpha value is -2.30. The predicted octanol–water partition coefficient (Wildman–Crippen LogP) is 1.51. The van der Waals surface area contributed by atoms with Crippen molar-refractivity contribution in [1.29, 1.82) is 0 Å². The Labute approximate surface area is 111 Å². The zero-order valence-corrected chi connectivity index (χ0v) is 11.1. The molecular formula is C14H16N4O. The Morgan fingerprint density at radius 1 is 1.42 bits per heavy atom. The average Bonchev–Trinajstić information content (AvgIpc) is 2.96. The number of nitrogens with zero attached hydrogens (tertiary/aromatic N) is 3. The maximum Gasteiger partial charge on any atom is 0.278 e. The molecule has 0 atom stereocenters. The number of carbonyl (C=O) groups excluding carboxylic acids is 1. The van der Waals surface area contributed by atoms with Gasteiger partial charge in [0.05, 0.1) is 0 Å². The van der Waals surface area contributed by atoms with Crippen molar-refractivity contribution in [2.24, 2.45) is 7.05 Å². The van der Waals surface area contributed by atoms with Crippen molar-refractivity contribution in [3.05, 3.63) is 41.2 Å². The summed E-state index contributed by atoms with van der Waals surface area (Å²) >= 11 is 0. The minimum absolute atomic E-state index is 0.0670. The molecule has 0 fully saturated rings. The molecule has 0 radical (unpaired) electrons. The Morgan fingerprint density at radius 3 is 2.89 bits per heavy atom. The fourth-order valence-corrected chi connectivity index (χ4v) is 2.46. The van der Waals surface area contributed by atoms with Crippen molar-refractivity contribution in [2.75, 3.05) is 17.2 Å². The molecule has 0 aliphatic carbocycles. The lowest BCUT2D eigenvalue weighted by atomic mass is 10.1. The molecule has 3 rings (SSSR count). The molecule has 0 saturated carbocycles. The van der Waals surface area contributed by atoms with E-state index in [9.17, 15) is 4.79 Å². The molecule has 1 aromatic carbocycles. The number of carbonyl (C=O) groups is 1. The van der Waals surface area contributed by atoms with Crippen LogP contribution in [-0.2, 0) is 13.5 Å². The van der Waals surface area contributed by atoms with E-state index in [0.717, 1.165) is 23.4 Å². The average molecular weight is 256 g/mol. The van der Waals surface area contributed by atoms with Gasteiger partial charge in [-0.1, -0.05) is 6.07 Å². The third-order valence-corrected chi connectivity index (χ3v) is 3.54. The van der Waals surface area contributed by atoms with Gasteiger partial charge in [0, 0.05) is 31.2 Å². The lowest BCUT2D eigenvalue weighted by Gasteiger charge is -2.16. The monoisotopic (exact) mass is 256 g/mol. The lowest BCUT2D eigenvalue weighted by molar-refractivity contribution is 0.0984. The molecule has 1 aliphatic rings. The molecule has 0 unspecified atom stereocenters. The standard InChI is InChI=1S/C14H16N4O/c1-9-7-10-3-6-18(13(10)8-11(9)15)14(19)12-4-5-17(2)16-12/h4-5,7-8H,3,6,15H2,1-2H3. The van der Waals surface area contributed by atoms with Crippen LogP contribution in [0.4, 0.5) is 11.4 Å². The van der Waals surface area contributed by atoms with Crippen molar-refractivity contribution in [1.82, 2.24) is 9.78 Å². The van der Waals surface area contributed by atoms with Gasteiger partial charge in [-0.3, -0.25) is 9.48 Å². The summed E-state index contributed by atoms with van der Waals surface area (Å²) in [5.74, 6) is -0.0670. The first-order chi connectivity index (χ1) is 9.06. The maximum absolute atomic E-state index is 12.4. The zero-order valence-electron chi connectivity index (χ0n) is 11.1. The first-order valence-electron chi connectivity index (χ1n) is 6.27. The van der Waals surface area contributed by atoms with Crippen molar-refractivity contribution < 1.29 is 4.79 Å². The van der Waals surface area contributed by atoms with Gasteiger partial charge in [0.1, 0.15) is 0 Å². The van der Waals surface area contributed by atoms with Crippen LogP contribution in [0.1, 0.15) is 21.6 Å². The largest absolute Gasteiger partial charge is 0.398 e. The molecule has 0 bridgehead atoms. The topological polar surface area (TPSA) is 64.2 Å². The molecule has 19 heavy (non-hydrogen) atoms. The number of hydrogen-bond acceptors (Lipinski definition) is 3. The van der Waals surface area contributed by atoms with Crippen LogP contribution < -0.4 is 10.6 Å². The third kappa shape index (κ3) is 1.87. The van der Waals surface area contributed by atoms with E-state index in [0.29, 0.717) is 12.2 Å². The molecular weight excluding hydrogens is 240 g/mol. The number of benzene rings is 1. The number of fused-ring (bicyclic) bond motifs is 1. The van der Waals surface area contributed by atoms with Crippen LogP contribution >= 0.6 is 0 Å². The number of rotatable bonds is 1. The Bertz CT molecular complexity index is 659. The molecule has 2 heterocycles. The van der Waals surface area contributed by atoms with Crippen LogP contribution in [0.3, 0.4) is 0 Å². The zero-order chi connectivity index (χ0) is 13.6. The first-order valence-corrected chi connectivity index (χ1v) is 6.27. The molecule has 1 aliphatic heterocycles. The molecule has 0 saturated heterocycles. The fraction of sp³-hybridized carbons (Fsp3) is 0.286. The molecule has 5 nitrogen and oxygen atoms in total. The van der Waals surface area contributed by atoms with Crippen LogP contribution in [-0.4, -0.2) is 22.2 Å². The summed E-state index contributed by atoms with van der Waals surface area (Å²) in [6.45, 7) is 2.67. The van der Waals surface area contributed by atoms with Crippen molar-refractivity contribution in [2.45, 2.75) is 13.3 Å². The van der Waals surface area contributed by atoms with E-state index in [2.05, 4.69) is 11.2 Å². The highest BCUT2D eigenvalue weighted by atomic mass is 16.2. The number of nitrogens with two attached hydrogens (primary N) is 1. The molecule has 1 amide bonds. The molecule has 2 aromatic rings. The second-order valence-corrected chi connectivity index (χ2v) is 4.92. The number of anilines is 2. The van der Waals surface area contributed by atoms with Crippen LogP contribution in [0.2, 0.25) is 0 Å². The number of aromatic nitrogens is 2. The minimum Gasteiger partial charge on any atom is -0.398 e. The van der Waals surface area contributed by atoms with E-state index in [1.165, 1.54) is 5.56 Å². The van der Waals surface area contributed by atoms with E-state index in [-0.39, 0.29) is 5.91 Å². The summed E-state index contributed by atoms with van der Waals surface area (Å²) in [5.41, 5.74) is 10.3. The maximum atomic E-state index is 12.4. The normalized spacial score (nSPS) is 13.7. The lowest BCUT2D eigenvalue weighted by Crippen LogP contribution is -2.29. The van der Waals surface area contributed by atoms with Crippen LogP contribution in [0.15, 0.2) is 24.4 Å². The quantitative estimate of drug-likeness (QED) is 0.787. The Morgan fingerprint density at radius 2 is 2.21 bits per heavy atom. The van der Waals surface area contributed by atoms with E-state index in [1.54, 1.807) is 28.9 Å². The number of nitrogen functional groups attached to an aromatic ring is 1. The summed E-state index contributed by atoms with van der Waals surface area (Å²) in [4.78, 5) is 14.2. The predicted molar refractivity (Wildman–Crippen MR) is 74.2 cm³/mol. The van der Waals surface area contributed by atoms with Crippen molar-refractivity contribution in [3.8, 4) is 0 Å². The molecule has 98 valence electrons. The highest BCUT2D eigenvalue weighted by Gasteiger charge is 2.27. The van der Waals surface area contributed by atoms with Crippen molar-refractivity contribution >= 4 is 17.3 Å². The van der Waals surface area contributed by atoms with Gasteiger partial charge < -0.3 is 10.6 Å². The van der Waals surface area contributed by atoms with Gasteiger partial charge in [-0.15, -0.1) is 0 Å². The summed E-state index contributed by atoms with van der Waals surface area (Å²) in [5, 5.41) is 4.16. The smallest absolute Gasteiger partial charge is 0.278 e. The minimum atomic E-state index is -0.0670. The van der Waals surface area contributed by atoms with Gasteiger partial charge in [-0.05, 0) is 36.6 Å². The van der Waals surface area contributed by atoms with E-state index >= 15 is 0 Å². The van der Waals surface area contributed by atoms with Gasteiger partial charge in [0.15, 0.2) is 5.69 Å². The first kappa shape index (κ1) is 11.8. The van der Waals surface area contributed by atoms with Crippen LogP contribution in [0.5, 0.6) is 0 Å². The third-order valence-electron chi connectivity index (χ3n) is 3.54. The molecule has 1 aromatic heterocycles. The van der Waals surface area contributed by atoms with E-state index < -0.39 is 0 Å². The summed E-state index contributed by atoms with van der Waals surface area (Å²) in [7, 11) is 1.80. The summed E-state index contributed by atoms with van der Waals surface area (Å²) in [6.07, 6.45) is 2.64. The van der Waals surface area contributed by atoms with Gasteiger partial charge in [-0.2, -0.15) is 5.10 Å².